The molecule has 0 atom stereocenters. The van der Waals surface area contributed by atoms with Crippen LogP contribution in [0.5, 0.6) is 0 Å². The van der Waals surface area contributed by atoms with Gasteiger partial charge in [-0.15, -0.1) is 0 Å². The van der Waals surface area contributed by atoms with Crippen LogP contribution in [0.3, 0.4) is 0 Å². The van der Waals surface area contributed by atoms with Crippen molar-refractivity contribution in [2.75, 3.05) is 6.54 Å². The van der Waals surface area contributed by atoms with E-state index in [0.29, 0.717) is 17.1 Å². The second kappa shape index (κ2) is 5.52. The molecule has 0 radical (unpaired) electrons. The summed E-state index contributed by atoms with van der Waals surface area (Å²) >= 11 is 5.79. The highest BCUT2D eigenvalue weighted by atomic mass is 35.5. The Morgan fingerprint density at radius 3 is 2.50 bits per heavy atom. The quantitative estimate of drug-likeness (QED) is 0.636. The maximum Gasteiger partial charge on any atom is 0.416 e. The molecule has 1 rings (SSSR count). The molecule has 0 aliphatic rings. The first-order valence-electron chi connectivity index (χ1n) is 4.76. The zero-order chi connectivity index (χ0) is 12.2. The van der Waals surface area contributed by atoms with Crippen molar-refractivity contribution in [3.63, 3.8) is 0 Å². The summed E-state index contributed by atoms with van der Waals surface area (Å²) in [5.41, 5.74) is 5.29. The third-order valence-electron chi connectivity index (χ3n) is 1.95. The van der Waals surface area contributed by atoms with Gasteiger partial charge in [-0.3, -0.25) is 10.9 Å². The second-order valence-corrected chi connectivity index (χ2v) is 3.60. The van der Waals surface area contributed by atoms with E-state index >= 15 is 0 Å². The van der Waals surface area contributed by atoms with Crippen molar-refractivity contribution in [2.24, 2.45) is 0 Å². The van der Waals surface area contributed by atoms with Crippen LogP contribution in [0.25, 0.3) is 0 Å². The lowest BCUT2D eigenvalue weighted by Gasteiger charge is -2.11. The summed E-state index contributed by atoms with van der Waals surface area (Å²) in [6.07, 6.45) is -4.34. The van der Waals surface area contributed by atoms with Crippen LogP contribution in [-0.2, 0) is 12.7 Å². The van der Waals surface area contributed by atoms with Crippen molar-refractivity contribution in [1.82, 2.24) is 10.9 Å². The van der Waals surface area contributed by atoms with Gasteiger partial charge in [0.25, 0.3) is 0 Å². The van der Waals surface area contributed by atoms with E-state index in [9.17, 15) is 13.2 Å². The van der Waals surface area contributed by atoms with Crippen LogP contribution < -0.4 is 10.9 Å². The molecule has 0 spiro atoms. The Kier molecular flexibility index (Phi) is 4.58. The monoisotopic (exact) mass is 252 g/mol. The molecule has 2 N–H and O–H groups in total. The first-order chi connectivity index (χ1) is 7.45. The summed E-state index contributed by atoms with van der Waals surface area (Å²) in [6, 6.07) is 3.28. The van der Waals surface area contributed by atoms with Crippen molar-refractivity contribution in [3.05, 3.63) is 34.3 Å². The molecule has 2 nitrogen and oxygen atoms in total. The van der Waals surface area contributed by atoms with Crippen molar-refractivity contribution >= 4 is 11.6 Å². The van der Waals surface area contributed by atoms with Gasteiger partial charge in [0.05, 0.1) is 5.56 Å². The van der Waals surface area contributed by atoms with Crippen LogP contribution in [0.2, 0.25) is 5.02 Å². The minimum absolute atomic E-state index is 0.247. The summed E-state index contributed by atoms with van der Waals surface area (Å²) < 4.78 is 37.2. The zero-order valence-electron chi connectivity index (χ0n) is 8.66. The van der Waals surface area contributed by atoms with Crippen LogP contribution in [0, 0.1) is 0 Å². The summed E-state index contributed by atoms with van der Waals surface area (Å²) in [5.74, 6) is 0. The average Bonchev–Trinajstić information content (AvgIpc) is 2.19. The van der Waals surface area contributed by atoms with Gasteiger partial charge in [0.15, 0.2) is 0 Å². The molecule has 1 aromatic rings. The van der Waals surface area contributed by atoms with E-state index in [0.717, 1.165) is 12.1 Å². The number of hydrogen-bond donors (Lipinski definition) is 2. The summed E-state index contributed by atoms with van der Waals surface area (Å²) in [6.45, 7) is 2.80. The van der Waals surface area contributed by atoms with Crippen LogP contribution in [0.1, 0.15) is 18.1 Å². The van der Waals surface area contributed by atoms with E-state index in [1.165, 1.54) is 6.07 Å². The predicted octanol–water partition coefficient (Wildman–Crippen LogP) is 2.97. The second-order valence-electron chi connectivity index (χ2n) is 3.19. The lowest BCUT2D eigenvalue weighted by molar-refractivity contribution is -0.137. The fourth-order valence-electron chi connectivity index (χ4n) is 1.17. The SMILES string of the molecule is CCNNCc1cc(C(F)(F)F)ccc1Cl. The molecule has 6 heteroatoms. The standard InChI is InChI=1S/C10H12ClF3N2/c1-2-15-16-6-7-5-8(10(12,13)14)3-4-9(7)11/h3-5,15-16H,2,6H2,1H3. The topological polar surface area (TPSA) is 24.1 Å². The molecule has 0 bridgehead atoms. The van der Waals surface area contributed by atoms with E-state index in [1.807, 2.05) is 6.92 Å². The highest BCUT2D eigenvalue weighted by molar-refractivity contribution is 6.31. The van der Waals surface area contributed by atoms with E-state index in [-0.39, 0.29) is 6.54 Å². The number of alkyl halides is 3. The zero-order valence-corrected chi connectivity index (χ0v) is 9.41. The number of nitrogens with one attached hydrogen (secondary N) is 2. The van der Waals surface area contributed by atoms with Crippen LogP contribution in [0.4, 0.5) is 13.2 Å². The molecule has 0 saturated carbocycles. The molecular formula is C10H12ClF3N2. The number of halogens is 4. The minimum atomic E-state index is -4.34. The van der Waals surface area contributed by atoms with Crippen LogP contribution in [-0.4, -0.2) is 6.54 Å². The normalized spacial score (nSPS) is 11.8. The van der Waals surface area contributed by atoms with Gasteiger partial charge >= 0.3 is 6.18 Å². The molecule has 90 valence electrons. The summed E-state index contributed by atoms with van der Waals surface area (Å²) in [7, 11) is 0. The maximum atomic E-state index is 12.4. The molecule has 1 aromatic carbocycles. The number of hydrazine groups is 1. The van der Waals surface area contributed by atoms with Gasteiger partial charge in [0.2, 0.25) is 0 Å². The number of benzene rings is 1. The molecule has 0 unspecified atom stereocenters. The van der Waals surface area contributed by atoms with E-state index in [1.54, 1.807) is 0 Å². The maximum absolute atomic E-state index is 12.4. The fourth-order valence-corrected chi connectivity index (χ4v) is 1.35. The van der Waals surface area contributed by atoms with Crippen molar-refractivity contribution in [1.29, 1.82) is 0 Å². The fraction of sp³-hybridized carbons (Fsp3) is 0.400. The molecular weight excluding hydrogens is 241 g/mol. The van der Waals surface area contributed by atoms with Gasteiger partial charge in [-0.1, -0.05) is 18.5 Å². The molecule has 0 aliphatic heterocycles. The third-order valence-corrected chi connectivity index (χ3v) is 2.32. The lowest BCUT2D eigenvalue weighted by atomic mass is 10.1. The Labute approximate surface area is 96.8 Å². The Morgan fingerprint density at radius 2 is 1.94 bits per heavy atom. The molecule has 0 fully saturated rings. The van der Waals surface area contributed by atoms with Crippen molar-refractivity contribution < 1.29 is 13.2 Å². The highest BCUT2D eigenvalue weighted by Gasteiger charge is 2.30. The van der Waals surface area contributed by atoms with Crippen molar-refractivity contribution in [2.45, 2.75) is 19.6 Å². The Balaban J connectivity index is 2.83. The van der Waals surface area contributed by atoms with Crippen molar-refractivity contribution in [3.8, 4) is 0 Å². The third kappa shape index (κ3) is 3.66. The smallest absolute Gasteiger partial charge is 0.258 e. The summed E-state index contributed by atoms with van der Waals surface area (Å²) in [5, 5.41) is 0.318. The average molecular weight is 253 g/mol. The van der Waals surface area contributed by atoms with Gasteiger partial charge in [-0.25, -0.2) is 0 Å². The number of hydrogen-bond acceptors (Lipinski definition) is 2. The Bertz CT molecular complexity index is 352. The molecule has 0 aliphatic carbocycles. The van der Waals surface area contributed by atoms with Crippen LogP contribution >= 0.6 is 11.6 Å². The van der Waals surface area contributed by atoms with Gasteiger partial charge in [0.1, 0.15) is 0 Å². The molecule has 16 heavy (non-hydrogen) atoms. The first-order valence-corrected chi connectivity index (χ1v) is 5.14. The first kappa shape index (κ1) is 13.3. The molecule has 0 amide bonds. The van der Waals surface area contributed by atoms with E-state index < -0.39 is 11.7 Å². The summed E-state index contributed by atoms with van der Waals surface area (Å²) in [4.78, 5) is 0. The highest BCUT2D eigenvalue weighted by Crippen LogP contribution is 2.31. The van der Waals surface area contributed by atoms with Gasteiger partial charge in [0, 0.05) is 18.1 Å². The lowest BCUT2D eigenvalue weighted by Crippen LogP contribution is -2.30. The van der Waals surface area contributed by atoms with Gasteiger partial charge in [-0.2, -0.15) is 13.2 Å². The molecule has 0 saturated heterocycles. The van der Waals surface area contributed by atoms with E-state index in [4.69, 9.17) is 11.6 Å². The minimum Gasteiger partial charge on any atom is -0.258 e. The van der Waals surface area contributed by atoms with E-state index in [2.05, 4.69) is 10.9 Å². The molecule has 0 heterocycles. The predicted molar refractivity (Wildman–Crippen MR) is 57.0 cm³/mol. The molecule has 0 aromatic heterocycles. The van der Waals surface area contributed by atoms with Gasteiger partial charge in [-0.05, 0) is 23.8 Å². The number of rotatable bonds is 4. The largest absolute Gasteiger partial charge is 0.416 e. The van der Waals surface area contributed by atoms with Gasteiger partial charge < -0.3 is 0 Å². The van der Waals surface area contributed by atoms with Crippen LogP contribution in [0.15, 0.2) is 18.2 Å². The Morgan fingerprint density at radius 1 is 1.25 bits per heavy atom. The Hall–Kier alpha value is -0.780.